The second-order valence-electron chi connectivity index (χ2n) is 7.57. The zero-order valence-electron chi connectivity index (χ0n) is 16.1. The van der Waals surface area contributed by atoms with Crippen molar-refractivity contribution < 1.29 is 14.1 Å². The summed E-state index contributed by atoms with van der Waals surface area (Å²) in [5.41, 5.74) is 0.629. The molecule has 1 aliphatic heterocycles. The first-order chi connectivity index (χ1) is 13.6. The van der Waals surface area contributed by atoms with E-state index >= 15 is 0 Å². The van der Waals surface area contributed by atoms with E-state index in [4.69, 9.17) is 4.52 Å². The lowest BCUT2D eigenvalue weighted by atomic mass is 10.0. The second kappa shape index (κ2) is 8.08. The molecule has 1 unspecified atom stereocenters. The number of hydrogen-bond donors (Lipinski definition) is 0. The lowest BCUT2D eigenvalue weighted by Gasteiger charge is -2.39. The average molecular weight is 383 g/mol. The Labute approximate surface area is 163 Å². The molecule has 2 fully saturated rings. The van der Waals surface area contributed by atoms with Crippen LogP contribution in [0.1, 0.15) is 60.6 Å². The van der Waals surface area contributed by atoms with Gasteiger partial charge in [0.2, 0.25) is 11.8 Å². The molecule has 2 aromatic heterocycles. The van der Waals surface area contributed by atoms with Gasteiger partial charge in [-0.2, -0.15) is 4.98 Å². The third-order valence-corrected chi connectivity index (χ3v) is 5.44. The summed E-state index contributed by atoms with van der Waals surface area (Å²) in [6.07, 6.45) is 7.80. The van der Waals surface area contributed by atoms with Crippen LogP contribution >= 0.6 is 0 Å². The number of aromatic nitrogens is 3. The molecule has 0 radical (unpaired) electrons. The van der Waals surface area contributed by atoms with E-state index in [-0.39, 0.29) is 17.9 Å². The van der Waals surface area contributed by atoms with Crippen LogP contribution < -0.4 is 0 Å². The van der Waals surface area contributed by atoms with Crippen LogP contribution in [0.4, 0.5) is 0 Å². The van der Waals surface area contributed by atoms with Crippen LogP contribution in [-0.2, 0) is 11.2 Å². The monoisotopic (exact) mass is 383 g/mol. The summed E-state index contributed by atoms with van der Waals surface area (Å²) < 4.78 is 5.30. The van der Waals surface area contributed by atoms with Crippen molar-refractivity contribution in [1.29, 1.82) is 0 Å². The summed E-state index contributed by atoms with van der Waals surface area (Å²) >= 11 is 0. The number of pyridine rings is 1. The maximum atomic E-state index is 12.8. The molecule has 2 amide bonds. The van der Waals surface area contributed by atoms with Gasteiger partial charge < -0.3 is 14.3 Å². The summed E-state index contributed by atoms with van der Waals surface area (Å²) in [6, 6.07) is 3.46. The molecule has 0 aromatic carbocycles. The van der Waals surface area contributed by atoms with E-state index in [9.17, 15) is 9.59 Å². The molecule has 148 valence electrons. The fourth-order valence-electron chi connectivity index (χ4n) is 3.75. The van der Waals surface area contributed by atoms with Gasteiger partial charge in [0.1, 0.15) is 0 Å². The lowest BCUT2D eigenvalue weighted by Crippen LogP contribution is -2.51. The highest BCUT2D eigenvalue weighted by Crippen LogP contribution is 2.38. The first-order valence-electron chi connectivity index (χ1n) is 9.91. The van der Waals surface area contributed by atoms with E-state index in [1.807, 2.05) is 9.80 Å². The number of piperidine rings is 1. The molecule has 1 aliphatic carbocycles. The first-order valence-corrected chi connectivity index (χ1v) is 9.91. The molecule has 2 aromatic rings. The van der Waals surface area contributed by atoms with Crippen molar-refractivity contribution in [3.05, 3.63) is 41.8 Å². The molecule has 0 spiro atoms. The molecule has 8 nitrogen and oxygen atoms in total. The van der Waals surface area contributed by atoms with E-state index in [1.54, 1.807) is 31.5 Å². The minimum Gasteiger partial charge on any atom is -0.339 e. The molecule has 0 bridgehead atoms. The largest absolute Gasteiger partial charge is 0.339 e. The van der Waals surface area contributed by atoms with Gasteiger partial charge in [-0.05, 0) is 37.8 Å². The summed E-state index contributed by atoms with van der Waals surface area (Å²) in [4.78, 5) is 37.1. The predicted molar refractivity (Wildman–Crippen MR) is 101 cm³/mol. The molecule has 4 rings (SSSR count). The Morgan fingerprint density at radius 1 is 1.25 bits per heavy atom. The smallest absolute Gasteiger partial charge is 0.254 e. The molecule has 1 atom stereocenters. The summed E-state index contributed by atoms with van der Waals surface area (Å²) in [5.74, 6) is 1.79. The Bertz CT molecular complexity index is 833. The van der Waals surface area contributed by atoms with Crippen molar-refractivity contribution in [2.45, 2.75) is 51.0 Å². The highest BCUT2D eigenvalue weighted by atomic mass is 16.5. The molecule has 1 saturated heterocycles. The van der Waals surface area contributed by atoms with Gasteiger partial charge in [0.25, 0.3) is 5.91 Å². The number of rotatable bonds is 6. The van der Waals surface area contributed by atoms with Crippen LogP contribution in [0.2, 0.25) is 0 Å². The zero-order valence-corrected chi connectivity index (χ0v) is 16.1. The van der Waals surface area contributed by atoms with Crippen LogP contribution in [0, 0.1) is 0 Å². The third-order valence-electron chi connectivity index (χ3n) is 5.44. The first kappa shape index (κ1) is 18.6. The van der Waals surface area contributed by atoms with Gasteiger partial charge in [-0.15, -0.1) is 0 Å². The van der Waals surface area contributed by atoms with Crippen LogP contribution in [0.25, 0.3) is 0 Å². The maximum absolute atomic E-state index is 12.8. The predicted octanol–water partition coefficient (Wildman–Crippen LogP) is 2.04. The maximum Gasteiger partial charge on any atom is 0.254 e. The van der Waals surface area contributed by atoms with E-state index in [1.165, 1.54) is 0 Å². The molecule has 8 heteroatoms. The number of carbonyl (C=O) groups is 2. The third kappa shape index (κ3) is 4.21. The molecule has 2 aliphatic rings. The topological polar surface area (TPSA) is 92.4 Å². The van der Waals surface area contributed by atoms with Crippen molar-refractivity contribution in [2.24, 2.45) is 0 Å². The standard InChI is InChI=1S/C20H25N5O3/c1-14(26)25(12-8-18-22-19(28-23-18)15-4-5-15)17-3-2-11-24(13-17)20(27)16-6-9-21-10-7-16/h6-7,9-10,15,17H,2-5,8,11-13H2,1H3. The number of hydrogen-bond acceptors (Lipinski definition) is 6. The Hall–Kier alpha value is -2.77. The van der Waals surface area contributed by atoms with Crippen molar-refractivity contribution >= 4 is 11.8 Å². The van der Waals surface area contributed by atoms with Crippen LogP contribution in [-0.4, -0.2) is 62.4 Å². The van der Waals surface area contributed by atoms with Crippen molar-refractivity contribution in [3.8, 4) is 0 Å². The van der Waals surface area contributed by atoms with Gasteiger partial charge in [0.15, 0.2) is 5.82 Å². The fraction of sp³-hybridized carbons (Fsp3) is 0.550. The number of likely N-dealkylation sites (tertiary alicyclic amines) is 1. The Morgan fingerprint density at radius 3 is 2.75 bits per heavy atom. The zero-order chi connectivity index (χ0) is 19.5. The van der Waals surface area contributed by atoms with Crippen LogP contribution in [0.5, 0.6) is 0 Å². The second-order valence-corrected chi connectivity index (χ2v) is 7.57. The summed E-state index contributed by atoms with van der Waals surface area (Å²) in [5, 5.41) is 4.04. The average Bonchev–Trinajstić information content (AvgIpc) is 3.47. The normalized spacial score (nSPS) is 19.5. The van der Waals surface area contributed by atoms with Gasteiger partial charge in [0.05, 0.1) is 0 Å². The molecule has 28 heavy (non-hydrogen) atoms. The lowest BCUT2D eigenvalue weighted by molar-refractivity contribution is -0.132. The van der Waals surface area contributed by atoms with Gasteiger partial charge >= 0.3 is 0 Å². The molecule has 3 heterocycles. The van der Waals surface area contributed by atoms with E-state index in [0.29, 0.717) is 43.4 Å². The van der Waals surface area contributed by atoms with Crippen LogP contribution in [0.3, 0.4) is 0 Å². The van der Waals surface area contributed by atoms with Gasteiger partial charge in [-0.25, -0.2) is 0 Å². The minimum absolute atomic E-state index is 0.00633. The van der Waals surface area contributed by atoms with Crippen LogP contribution in [0.15, 0.2) is 29.0 Å². The molecular weight excluding hydrogens is 358 g/mol. The fourth-order valence-corrected chi connectivity index (χ4v) is 3.75. The molecular formula is C20H25N5O3. The Kier molecular flexibility index (Phi) is 5.36. The number of nitrogens with zero attached hydrogens (tertiary/aromatic N) is 5. The quantitative estimate of drug-likeness (QED) is 0.758. The summed E-state index contributed by atoms with van der Waals surface area (Å²) in [7, 11) is 0. The van der Waals surface area contributed by atoms with Crippen molar-refractivity contribution in [1.82, 2.24) is 24.9 Å². The minimum atomic E-state index is -0.0113. The Balaban J connectivity index is 1.38. The van der Waals surface area contributed by atoms with Crippen molar-refractivity contribution in [2.75, 3.05) is 19.6 Å². The SMILES string of the molecule is CC(=O)N(CCc1noc(C2CC2)n1)C1CCCN(C(=O)c2ccncc2)C1. The van der Waals surface area contributed by atoms with E-state index < -0.39 is 0 Å². The van der Waals surface area contributed by atoms with E-state index in [0.717, 1.165) is 31.6 Å². The van der Waals surface area contributed by atoms with Gasteiger partial charge in [-0.1, -0.05) is 5.16 Å². The highest BCUT2D eigenvalue weighted by Gasteiger charge is 2.31. The Morgan fingerprint density at radius 2 is 2.04 bits per heavy atom. The molecule has 0 N–H and O–H groups in total. The molecule has 1 saturated carbocycles. The van der Waals surface area contributed by atoms with Crippen molar-refractivity contribution in [3.63, 3.8) is 0 Å². The summed E-state index contributed by atoms with van der Waals surface area (Å²) in [6.45, 7) is 3.36. The number of carbonyl (C=O) groups excluding carboxylic acids is 2. The van der Waals surface area contributed by atoms with E-state index in [2.05, 4.69) is 15.1 Å². The number of amides is 2. The van der Waals surface area contributed by atoms with Gasteiger partial charge in [0, 0.05) is 62.9 Å². The highest BCUT2D eigenvalue weighted by molar-refractivity contribution is 5.94. The van der Waals surface area contributed by atoms with Gasteiger partial charge in [-0.3, -0.25) is 14.6 Å².